The van der Waals surface area contributed by atoms with E-state index < -0.39 is 22.6 Å². The Hall–Kier alpha value is -2.26. The second-order valence-corrected chi connectivity index (χ2v) is 21.9. The van der Waals surface area contributed by atoms with Crippen molar-refractivity contribution >= 4 is 33.0 Å². The molecule has 0 N–H and O–H groups in total. The van der Waals surface area contributed by atoms with Crippen molar-refractivity contribution in [2.45, 2.75) is 96.2 Å². The SMILES string of the molecule is C=CC[C@H](C[C@H](CCO[Si](C)(C)C(C)(C)C)O[Si](c1ccccc1)(c1ccccc1)C(C)(C)C)OC(=O)C=C. The van der Waals surface area contributed by atoms with Gasteiger partial charge in [-0.05, 0) is 40.0 Å². The van der Waals surface area contributed by atoms with Gasteiger partial charge in [0, 0.05) is 25.5 Å². The fraction of sp³-hybridized carbons (Fsp3) is 0.485. The van der Waals surface area contributed by atoms with Crippen molar-refractivity contribution in [1.82, 2.24) is 0 Å². The molecule has 0 amide bonds. The van der Waals surface area contributed by atoms with Gasteiger partial charge in [0.25, 0.3) is 8.32 Å². The van der Waals surface area contributed by atoms with Crippen LogP contribution in [0.4, 0.5) is 0 Å². The molecule has 39 heavy (non-hydrogen) atoms. The van der Waals surface area contributed by atoms with Crippen LogP contribution in [-0.4, -0.2) is 41.4 Å². The zero-order valence-corrected chi connectivity index (χ0v) is 27.5. The molecule has 2 atom stereocenters. The number of rotatable bonds is 14. The lowest BCUT2D eigenvalue weighted by atomic mass is 10.1. The summed E-state index contributed by atoms with van der Waals surface area (Å²) < 4.78 is 19.9. The molecule has 0 bridgehead atoms. The Morgan fingerprint density at radius 3 is 1.77 bits per heavy atom. The van der Waals surface area contributed by atoms with E-state index in [1.54, 1.807) is 6.08 Å². The van der Waals surface area contributed by atoms with Crippen molar-refractivity contribution in [3.8, 4) is 0 Å². The Morgan fingerprint density at radius 1 is 0.846 bits per heavy atom. The van der Waals surface area contributed by atoms with E-state index in [2.05, 4.69) is 128 Å². The third-order valence-corrected chi connectivity index (χ3v) is 17.5. The van der Waals surface area contributed by atoms with Crippen molar-refractivity contribution in [1.29, 1.82) is 0 Å². The summed E-state index contributed by atoms with van der Waals surface area (Å²) in [6.07, 6.45) is 4.27. The molecule has 0 saturated heterocycles. The Kier molecular flexibility index (Phi) is 11.7. The number of esters is 1. The highest BCUT2D eigenvalue weighted by Gasteiger charge is 2.51. The maximum Gasteiger partial charge on any atom is 0.330 e. The van der Waals surface area contributed by atoms with Gasteiger partial charge in [-0.2, -0.15) is 0 Å². The van der Waals surface area contributed by atoms with Gasteiger partial charge >= 0.3 is 5.97 Å². The molecular formula is C33H50O4Si2. The highest BCUT2D eigenvalue weighted by atomic mass is 28.4. The van der Waals surface area contributed by atoms with Gasteiger partial charge in [-0.3, -0.25) is 0 Å². The van der Waals surface area contributed by atoms with Gasteiger partial charge in [0.05, 0.1) is 6.10 Å². The molecule has 0 heterocycles. The van der Waals surface area contributed by atoms with Crippen LogP contribution in [0.3, 0.4) is 0 Å². The summed E-state index contributed by atoms with van der Waals surface area (Å²) in [5.41, 5.74) is 0. The average molecular weight is 567 g/mol. The molecular weight excluding hydrogens is 517 g/mol. The summed E-state index contributed by atoms with van der Waals surface area (Å²) in [5.74, 6) is -0.427. The van der Waals surface area contributed by atoms with Gasteiger partial charge in [-0.1, -0.05) is 115 Å². The molecule has 0 unspecified atom stereocenters. The van der Waals surface area contributed by atoms with Crippen molar-refractivity contribution in [2.75, 3.05) is 6.61 Å². The number of hydrogen-bond donors (Lipinski definition) is 0. The lowest BCUT2D eigenvalue weighted by Gasteiger charge is -2.46. The summed E-state index contributed by atoms with van der Waals surface area (Å²) >= 11 is 0. The predicted octanol–water partition coefficient (Wildman–Crippen LogP) is 7.41. The normalized spacial score (nSPS) is 14.4. The molecule has 0 saturated carbocycles. The topological polar surface area (TPSA) is 44.8 Å². The first-order valence-electron chi connectivity index (χ1n) is 14.0. The second-order valence-electron chi connectivity index (χ2n) is 12.8. The lowest BCUT2D eigenvalue weighted by molar-refractivity contribution is -0.144. The maximum absolute atomic E-state index is 12.2. The number of hydrogen-bond acceptors (Lipinski definition) is 4. The smallest absolute Gasteiger partial charge is 0.330 e. The van der Waals surface area contributed by atoms with Crippen LogP contribution in [0.5, 0.6) is 0 Å². The monoisotopic (exact) mass is 566 g/mol. The minimum Gasteiger partial charge on any atom is -0.459 e. The summed E-state index contributed by atoms with van der Waals surface area (Å²) in [7, 11) is -4.75. The largest absolute Gasteiger partial charge is 0.459 e. The molecule has 0 aromatic heterocycles. The third kappa shape index (κ3) is 8.61. The Labute approximate surface area is 239 Å². The highest BCUT2D eigenvalue weighted by Crippen LogP contribution is 2.39. The second kappa shape index (κ2) is 13.9. The van der Waals surface area contributed by atoms with E-state index in [9.17, 15) is 4.79 Å². The molecule has 4 nitrogen and oxygen atoms in total. The van der Waals surface area contributed by atoms with Crippen LogP contribution >= 0.6 is 0 Å². The summed E-state index contributed by atoms with van der Waals surface area (Å²) in [6.45, 7) is 26.2. The van der Waals surface area contributed by atoms with E-state index in [0.29, 0.717) is 25.9 Å². The molecule has 0 aliphatic rings. The minimum absolute atomic E-state index is 0.117. The van der Waals surface area contributed by atoms with Gasteiger partial charge in [0.2, 0.25) is 0 Å². The predicted molar refractivity (Wildman–Crippen MR) is 170 cm³/mol. The van der Waals surface area contributed by atoms with Gasteiger partial charge in [-0.25, -0.2) is 4.79 Å². The van der Waals surface area contributed by atoms with Crippen molar-refractivity contribution < 1.29 is 18.4 Å². The number of benzene rings is 2. The van der Waals surface area contributed by atoms with Gasteiger partial charge in [0.1, 0.15) is 6.10 Å². The average Bonchev–Trinajstić information content (AvgIpc) is 2.86. The van der Waals surface area contributed by atoms with Crippen molar-refractivity contribution in [2.24, 2.45) is 0 Å². The summed E-state index contributed by atoms with van der Waals surface area (Å²) in [5, 5.41) is 2.40. The molecule has 0 spiro atoms. The quantitative estimate of drug-likeness (QED) is 0.103. The van der Waals surface area contributed by atoms with Gasteiger partial charge in [0.15, 0.2) is 8.32 Å². The van der Waals surface area contributed by atoms with E-state index in [-0.39, 0.29) is 22.3 Å². The van der Waals surface area contributed by atoms with Gasteiger partial charge in [-0.15, -0.1) is 6.58 Å². The Bertz CT molecular complexity index is 1010. The zero-order chi connectivity index (χ0) is 29.3. The Morgan fingerprint density at radius 2 is 1.36 bits per heavy atom. The van der Waals surface area contributed by atoms with Crippen LogP contribution in [0.1, 0.15) is 60.8 Å². The summed E-state index contributed by atoms with van der Waals surface area (Å²) in [4.78, 5) is 12.2. The van der Waals surface area contributed by atoms with Crippen molar-refractivity contribution in [3.05, 3.63) is 86.0 Å². The van der Waals surface area contributed by atoms with E-state index >= 15 is 0 Å². The van der Waals surface area contributed by atoms with E-state index in [0.717, 1.165) is 0 Å². The van der Waals surface area contributed by atoms with Crippen LogP contribution in [0, 0.1) is 0 Å². The van der Waals surface area contributed by atoms with Crippen LogP contribution in [0.25, 0.3) is 0 Å². The van der Waals surface area contributed by atoms with Crippen LogP contribution in [0.2, 0.25) is 23.2 Å². The molecule has 0 fully saturated rings. The number of ether oxygens (including phenoxy) is 1. The molecule has 214 valence electrons. The molecule has 0 aliphatic heterocycles. The molecule has 0 aliphatic carbocycles. The third-order valence-electron chi connectivity index (χ3n) is 7.87. The molecule has 0 radical (unpaired) electrons. The molecule has 2 aromatic carbocycles. The lowest BCUT2D eigenvalue weighted by Crippen LogP contribution is -2.68. The first-order valence-corrected chi connectivity index (χ1v) is 18.9. The highest BCUT2D eigenvalue weighted by molar-refractivity contribution is 6.99. The van der Waals surface area contributed by atoms with Crippen LogP contribution < -0.4 is 10.4 Å². The summed E-state index contributed by atoms with van der Waals surface area (Å²) in [6, 6.07) is 21.3. The molecule has 2 aromatic rings. The fourth-order valence-electron chi connectivity index (χ4n) is 4.71. The molecule has 2 rings (SSSR count). The van der Waals surface area contributed by atoms with E-state index in [4.69, 9.17) is 13.6 Å². The fourth-order valence-corrected chi connectivity index (χ4v) is 10.5. The van der Waals surface area contributed by atoms with E-state index in [1.165, 1.54) is 16.4 Å². The zero-order valence-electron chi connectivity index (χ0n) is 25.5. The van der Waals surface area contributed by atoms with Crippen LogP contribution in [0.15, 0.2) is 86.0 Å². The van der Waals surface area contributed by atoms with Gasteiger partial charge < -0.3 is 13.6 Å². The maximum atomic E-state index is 12.2. The van der Waals surface area contributed by atoms with E-state index in [1.807, 2.05) is 0 Å². The number of carbonyl (C=O) groups is 1. The molecule has 6 heteroatoms. The number of carbonyl (C=O) groups excluding carboxylic acids is 1. The Balaban J connectivity index is 2.57. The van der Waals surface area contributed by atoms with Crippen molar-refractivity contribution in [3.63, 3.8) is 0 Å². The first-order chi connectivity index (χ1) is 18.2. The minimum atomic E-state index is -2.81. The standard InChI is InChI=1S/C33H50O4Si2/c1-11-19-27(36-31(34)12-2)26-28(24-25-35-38(9,10)32(3,4)5)37-39(33(6,7)8,29-20-15-13-16-21-29)30-22-17-14-18-23-30/h11-18,20-23,27-28H,1-2,19,24-26H2,3-10H3/t27-,28+/m1/s1. The van der Waals surface area contributed by atoms with Crippen LogP contribution in [-0.2, 0) is 18.4 Å². The first kappa shape index (κ1) is 33.0.